The first-order chi connectivity index (χ1) is 10.4. The zero-order valence-electron chi connectivity index (χ0n) is 11.6. The van der Waals surface area contributed by atoms with Crippen LogP contribution in [0.3, 0.4) is 0 Å². The first kappa shape index (κ1) is 14.7. The van der Waals surface area contributed by atoms with E-state index in [-0.39, 0.29) is 10.2 Å². The molecular formula is C15H12ClN3O2S. The maximum Gasteiger partial charge on any atom is 0.224 e. The van der Waals surface area contributed by atoms with Crippen LogP contribution >= 0.6 is 11.6 Å². The zero-order valence-corrected chi connectivity index (χ0v) is 13.2. The van der Waals surface area contributed by atoms with Crippen LogP contribution in [0, 0.1) is 0 Å². The lowest BCUT2D eigenvalue weighted by Gasteiger charge is -2.12. The van der Waals surface area contributed by atoms with Crippen molar-refractivity contribution in [2.75, 3.05) is 11.6 Å². The van der Waals surface area contributed by atoms with Gasteiger partial charge in [0.2, 0.25) is 5.28 Å². The molecule has 3 aromatic rings. The summed E-state index contributed by atoms with van der Waals surface area (Å²) in [4.78, 5) is 8.52. The highest BCUT2D eigenvalue weighted by molar-refractivity contribution is 7.90. The van der Waals surface area contributed by atoms with Crippen LogP contribution in [0.1, 0.15) is 0 Å². The molecule has 1 N–H and O–H groups in total. The van der Waals surface area contributed by atoms with Crippen molar-refractivity contribution < 1.29 is 8.42 Å². The molecule has 7 heteroatoms. The highest BCUT2D eigenvalue weighted by atomic mass is 35.5. The van der Waals surface area contributed by atoms with Crippen molar-refractivity contribution in [2.45, 2.75) is 4.90 Å². The fraction of sp³-hybridized carbons (Fsp3) is 0.0667. The molecule has 22 heavy (non-hydrogen) atoms. The van der Waals surface area contributed by atoms with Crippen LogP contribution < -0.4 is 5.32 Å². The van der Waals surface area contributed by atoms with Gasteiger partial charge in [0.05, 0.1) is 16.1 Å². The Hall–Kier alpha value is -2.18. The molecule has 0 aliphatic carbocycles. The van der Waals surface area contributed by atoms with Gasteiger partial charge in [-0.05, 0) is 35.9 Å². The van der Waals surface area contributed by atoms with Gasteiger partial charge in [-0.25, -0.2) is 13.4 Å². The van der Waals surface area contributed by atoms with E-state index in [4.69, 9.17) is 11.6 Å². The summed E-state index contributed by atoms with van der Waals surface area (Å²) < 4.78 is 23.8. The van der Waals surface area contributed by atoms with Gasteiger partial charge in [-0.3, -0.25) is 0 Å². The molecular weight excluding hydrogens is 322 g/mol. The summed E-state index contributed by atoms with van der Waals surface area (Å²) in [5, 5.41) is 3.90. The highest BCUT2D eigenvalue weighted by Gasteiger charge is 2.14. The molecule has 0 atom stereocenters. The molecule has 0 radical (unpaired) electrons. The third-order valence-electron chi connectivity index (χ3n) is 3.12. The van der Waals surface area contributed by atoms with Crippen LogP contribution in [0.15, 0.2) is 53.4 Å². The number of nitrogens with one attached hydrogen (secondary N) is 1. The predicted octanol–water partition coefficient (Wildman–Crippen LogP) is 3.43. The van der Waals surface area contributed by atoms with Crippen LogP contribution in [0.5, 0.6) is 0 Å². The number of sulfone groups is 1. The van der Waals surface area contributed by atoms with Crippen molar-refractivity contribution >= 4 is 43.8 Å². The molecule has 0 unspecified atom stereocenters. The topological polar surface area (TPSA) is 72.0 Å². The number of rotatable bonds is 3. The van der Waals surface area contributed by atoms with Crippen LogP contribution in [-0.2, 0) is 9.84 Å². The Kier molecular flexibility index (Phi) is 3.72. The normalized spacial score (nSPS) is 11.5. The van der Waals surface area contributed by atoms with E-state index in [0.717, 1.165) is 5.39 Å². The lowest BCUT2D eigenvalue weighted by molar-refractivity contribution is 0.602. The highest BCUT2D eigenvalue weighted by Crippen LogP contribution is 2.28. The number of fused-ring (bicyclic) bond motifs is 1. The Labute approximate surface area is 132 Å². The third kappa shape index (κ3) is 2.88. The minimum Gasteiger partial charge on any atom is -0.339 e. The van der Waals surface area contributed by atoms with Crippen LogP contribution in [0.2, 0.25) is 5.28 Å². The number of anilines is 2. The van der Waals surface area contributed by atoms with E-state index in [2.05, 4.69) is 15.3 Å². The van der Waals surface area contributed by atoms with Crippen LogP contribution in [0.25, 0.3) is 10.9 Å². The molecule has 0 saturated heterocycles. The predicted molar refractivity (Wildman–Crippen MR) is 87.4 cm³/mol. The number of halogens is 1. The second-order valence-electron chi connectivity index (χ2n) is 4.75. The van der Waals surface area contributed by atoms with Crippen LogP contribution in [-0.4, -0.2) is 24.6 Å². The fourth-order valence-electron chi connectivity index (χ4n) is 2.16. The molecule has 0 bridgehead atoms. The Morgan fingerprint density at radius 3 is 2.45 bits per heavy atom. The average Bonchev–Trinajstić information content (AvgIpc) is 2.46. The van der Waals surface area contributed by atoms with Gasteiger partial charge in [0.15, 0.2) is 9.84 Å². The molecule has 3 rings (SSSR count). The van der Waals surface area contributed by atoms with Crippen molar-refractivity contribution in [1.29, 1.82) is 0 Å². The van der Waals surface area contributed by atoms with Crippen molar-refractivity contribution in [3.63, 3.8) is 0 Å². The molecule has 1 heterocycles. The van der Waals surface area contributed by atoms with Crippen LogP contribution in [0.4, 0.5) is 11.5 Å². The number of hydrogen-bond acceptors (Lipinski definition) is 5. The molecule has 0 fully saturated rings. The third-order valence-corrected chi connectivity index (χ3v) is 4.44. The molecule has 1 aromatic heterocycles. The van der Waals surface area contributed by atoms with E-state index in [1.807, 2.05) is 24.3 Å². The Morgan fingerprint density at radius 2 is 1.68 bits per heavy atom. The van der Waals surface area contributed by atoms with Crippen molar-refractivity contribution in [2.24, 2.45) is 0 Å². The number of aromatic nitrogens is 2. The summed E-state index contributed by atoms with van der Waals surface area (Å²) in [5.74, 6) is 0.465. The zero-order chi connectivity index (χ0) is 15.7. The lowest BCUT2D eigenvalue weighted by Crippen LogP contribution is -2.04. The van der Waals surface area contributed by atoms with E-state index in [1.54, 1.807) is 24.3 Å². The Bertz CT molecular complexity index is 958. The van der Waals surface area contributed by atoms with Crippen molar-refractivity contribution in [3.8, 4) is 0 Å². The minimum absolute atomic E-state index is 0.0954. The van der Waals surface area contributed by atoms with E-state index in [0.29, 0.717) is 17.0 Å². The summed E-state index contributed by atoms with van der Waals surface area (Å²) in [6.45, 7) is 0. The van der Waals surface area contributed by atoms with Gasteiger partial charge in [0.1, 0.15) is 5.82 Å². The molecule has 0 spiro atoms. The van der Waals surface area contributed by atoms with Gasteiger partial charge < -0.3 is 5.32 Å². The smallest absolute Gasteiger partial charge is 0.224 e. The molecule has 0 aliphatic rings. The molecule has 5 nitrogen and oxygen atoms in total. The fourth-order valence-corrected chi connectivity index (χ4v) is 3.18. The largest absolute Gasteiger partial charge is 0.339 e. The van der Waals surface area contributed by atoms with Gasteiger partial charge in [-0.2, -0.15) is 4.98 Å². The van der Waals surface area contributed by atoms with E-state index in [1.165, 1.54) is 6.26 Å². The van der Waals surface area contributed by atoms with Gasteiger partial charge in [0, 0.05) is 11.6 Å². The molecule has 0 amide bonds. The van der Waals surface area contributed by atoms with Gasteiger partial charge in [0.25, 0.3) is 0 Å². The van der Waals surface area contributed by atoms with E-state index >= 15 is 0 Å². The second kappa shape index (κ2) is 5.55. The first-order valence-electron chi connectivity index (χ1n) is 6.43. The number of benzene rings is 2. The molecule has 0 aliphatic heterocycles. The standard InChI is InChI=1S/C15H12ClN3O2S/c1-22(20,21)13-9-5-4-8-12(13)17-14-10-6-2-3-7-11(10)18-15(16)19-14/h2-9H,1H3,(H,17,18,19). The second-order valence-corrected chi connectivity index (χ2v) is 7.07. The summed E-state index contributed by atoms with van der Waals surface area (Å²) in [7, 11) is -3.36. The first-order valence-corrected chi connectivity index (χ1v) is 8.70. The number of nitrogens with zero attached hydrogens (tertiary/aromatic N) is 2. The van der Waals surface area contributed by atoms with E-state index < -0.39 is 9.84 Å². The van der Waals surface area contributed by atoms with Gasteiger partial charge in [-0.15, -0.1) is 0 Å². The van der Waals surface area contributed by atoms with Crippen molar-refractivity contribution in [1.82, 2.24) is 9.97 Å². The summed E-state index contributed by atoms with van der Waals surface area (Å²) in [6, 6.07) is 14.0. The SMILES string of the molecule is CS(=O)(=O)c1ccccc1Nc1nc(Cl)nc2ccccc12. The van der Waals surface area contributed by atoms with Crippen molar-refractivity contribution in [3.05, 3.63) is 53.8 Å². The number of hydrogen-bond donors (Lipinski definition) is 1. The maximum absolute atomic E-state index is 11.9. The Morgan fingerprint density at radius 1 is 1.00 bits per heavy atom. The average molecular weight is 334 g/mol. The van der Waals surface area contributed by atoms with E-state index in [9.17, 15) is 8.42 Å². The summed E-state index contributed by atoms with van der Waals surface area (Å²) in [5.41, 5.74) is 1.13. The molecule has 2 aromatic carbocycles. The van der Waals surface area contributed by atoms with Gasteiger partial charge in [-0.1, -0.05) is 24.3 Å². The maximum atomic E-state index is 11.9. The molecule has 0 saturated carbocycles. The minimum atomic E-state index is -3.36. The lowest BCUT2D eigenvalue weighted by atomic mass is 10.2. The quantitative estimate of drug-likeness (QED) is 0.743. The number of para-hydroxylation sites is 2. The summed E-state index contributed by atoms with van der Waals surface area (Å²) in [6.07, 6.45) is 1.17. The van der Waals surface area contributed by atoms with Gasteiger partial charge >= 0.3 is 0 Å². The molecule has 112 valence electrons. The Balaban J connectivity index is 2.16. The monoisotopic (exact) mass is 333 g/mol. The summed E-state index contributed by atoms with van der Waals surface area (Å²) >= 11 is 5.94.